The first-order valence-corrected chi connectivity index (χ1v) is 13.6. The predicted octanol–water partition coefficient (Wildman–Crippen LogP) is 6.89. The topological polar surface area (TPSA) is 40.5 Å². The molecule has 5 rings (SSSR count). The molecule has 0 bridgehead atoms. The predicted molar refractivity (Wildman–Crippen MR) is 128 cm³/mol. The van der Waals surface area contributed by atoms with Crippen LogP contribution in [0.25, 0.3) is 0 Å². The molecule has 4 saturated carbocycles. The maximum Gasteiger partial charge on any atom is 0.0634 e. The first-order valence-electron chi connectivity index (χ1n) is 13.6. The van der Waals surface area contributed by atoms with Crippen LogP contribution in [0.1, 0.15) is 112 Å². The normalized spacial score (nSPS) is 46.7. The van der Waals surface area contributed by atoms with Gasteiger partial charge >= 0.3 is 0 Å². The van der Waals surface area contributed by atoms with E-state index in [4.69, 9.17) is 0 Å². The molecule has 2 N–H and O–H groups in total. The molecule has 5 aliphatic carbocycles. The molecular weight excluding hydrogens is 380 g/mol. The van der Waals surface area contributed by atoms with E-state index >= 15 is 0 Å². The molecule has 0 radical (unpaired) electrons. The summed E-state index contributed by atoms with van der Waals surface area (Å²) in [6.45, 7) is 11.7. The number of rotatable bonds is 5. The number of hydrogen-bond donors (Lipinski definition) is 2. The molecule has 5 aliphatic rings. The highest BCUT2D eigenvalue weighted by atomic mass is 16.3. The van der Waals surface area contributed by atoms with Crippen LogP contribution in [0.4, 0.5) is 0 Å². The molecule has 0 aliphatic heterocycles. The SMILES string of the molecule is C[C@H](CCCC(C)(C)O)[C@H]1CC[C@H]2[C@@H]3CC=C4C5(CC5)C(O)CC[C@]4(C)[C@H]3CC[C@]12C. The van der Waals surface area contributed by atoms with Crippen molar-refractivity contribution in [2.24, 2.45) is 45.8 Å². The average molecular weight is 429 g/mol. The minimum Gasteiger partial charge on any atom is -0.392 e. The molecule has 0 aromatic rings. The number of aliphatic hydroxyl groups is 2. The van der Waals surface area contributed by atoms with Gasteiger partial charge in [0.25, 0.3) is 0 Å². The van der Waals surface area contributed by atoms with Gasteiger partial charge in [-0.3, -0.25) is 0 Å². The smallest absolute Gasteiger partial charge is 0.0634 e. The van der Waals surface area contributed by atoms with E-state index in [1.54, 1.807) is 5.57 Å². The van der Waals surface area contributed by atoms with Crippen LogP contribution < -0.4 is 0 Å². The van der Waals surface area contributed by atoms with Gasteiger partial charge in [0.1, 0.15) is 0 Å². The molecule has 0 saturated heterocycles. The largest absolute Gasteiger partial charge is 0.392 e. The van der Waals surface area contributed by atoms with Crippen LogP contribution in [0.2, 0.25) is 0 Å². The fraction of sp³-hybridized carbons (Fsp3) is 0.931. The Hall–Kier alpha value is -0.340. The van der Waals surface area contributed by atoms with Crippen LogP contribution in [0, 0.1) is 45.8 Å². The van der Waals surface area contributed by atoms with Gasteiger partial charge in [0.2, 0.25) is 0 Å². The fourth-order valence-corrected chi connectivity index (χ4v) is 9.85. The zero-order chi connectivity index (χ0) is 22.2. The molecular formula is C29H48O2. The van der Waals surface area contributed by atoms with Gasteiger partial charge < -0.3 is 10.2 Å². The lowest BCUT2D eigenvalue weighted by Gasteiger charge is -2.60. The van der Waals surface area contributed by atoms with Crippen molar-refractivity contribution in [3.8, 4) is 0 Å². The summed E-state index contributed by atoms with van der Waals surface area (Å²) in [7, 11) is 0. The molecule has 4 fully saturated rings. The Labute approximate surface area is 191 Å². The van der Waals surface area contributed by atoms with Crippen molar-refractivity contribution in [3.05, 3.63) is 11.6 Å². The Morgan fingerprint density at radius 3 is 2.45 bits per heavy atom. The minimum atomic E-state index is -0.520. The summed E-state index contributed by atoms with van der Waals surface area (Å²) in [5.74, 6) is 4.25. The third-order valence-corrected chi connectivity index (χ3v) is 11.6. The lowest BCUT2D eigenvalue weighted by molar-refractivity contribution is -0.0692. The summed E-state index contributed by atoms with van der Waals surface area (Å²) in [6, 6.07) is 0. The van der Waals surface area contributed by atoms with Crippen molar-refractivity contribution >= 4 is 0 Å². The number of fused-ring (bicyclic) bond motifs is 6. The van der Waals surface area contributed by atoms with E-state index in [1.165, 1.54) is 57.8 Å². The second-order valence-corrected chi connectivity index (χ2v) is 13.8. The Morgan fingerprint density at radius 1 is 1.03 bits per heavy atom. The molecule has 31 heavy (non-hydrogen) atoms. The summed E-state index contributed by atoms with van der Waals surface area (Å²) in [4.78, 5) is 0. The van der Waals surface area contributed by atoms with Crippen molar-refractivity contribution in [3.63, 3.8) is 0 Å². The van der Waals surface area contributed by atoms with Crippen LogP contribution >= 0.6 is 0 Å². The van der Waals surface area contributed by atoms with Crippen molar-refractivity contribution in [2.45, 2.75) is 123 Å². The molecule has 176 valence electrons. The van der Waals surface area contributed by atoms with Gasteiger partial charge in [-0.25, -0.2) is 0 Å². The van der Waals surface area contributed by atoms with Crippen molar-refractivity contribution < 1.29 is 10.2 Å². The summed E-state index contributed by atoms with van der Waals surface area (Å²) in [5.41, 5.74) is 2.23. The molecule has 0 aromatic carbocycles. The van der Waals surface area contributed by atoms with Gasteiger partial charge in [-0.05, 0) is 118 Å². The van der Waals surface area contributed by atoms with E-state index in [9.17, 15) is 10.2 Å². The summed E-state index contributed by atoms with van der Waals surface area (Å²) in [6.07, 6.45) is 17.6. The standard InChI is InChI=1S/C29H48O2/c1-19(7-6-14-26(2,3)31)21-9-10-22-20-8-11-24-28(5,23(20)12-15-27(21,22)4)16-13-25(30)29(24)17-18-29/h11,19-23,25,30-31H,6-10,12-18H2,1-5H3/t19-,20+,21-,22+,23+,25?,27-,28-/m1/s1. The van der Waals surface area contributed by atoms with Gasteiger partial charge in [0, 0.05) is 5.41 Å². The van der Waals surface area contributed by atoms with E-state index in [1.807, 2.05) is 13.8 Å². The maximum absolute atomic E-state index is 10.8. The van der Waals surface area contributed by atoms with Gasteiger partial charge in [0.15, 0.2) is 0 Å². The molecule has 0 amide bonds. The van der Waals surface area contributed by atoms with E-state index in [0.29, 0.717) is 10.8 Å². The molecule has 2 heteroatoms. The van der Waals surface area contributed by atoms with Gasteiger partial charge in [-0.2, -0.15) is 0 Å². The Kier molecular flexibility index (Phi) is 5.31. The van der Waals surface area contributed by atoms with E-state index in [2.05, 4.69) is 26.8 Å². The first-order chi connectivity index (χ1) is 14.5. The maximum atomic E-state index is 10.8. The van der Waals surface area contributed by atoms with Crippen LogP contribution in [0.5, 0.6) is 0 Å². The van der Waals surface area contributed by atoms with Crippen molar-refractivity contribution in [2.75, 3.05) is 0 Å². The van der Waals surface area contributed by atoms with Gasteiger partial charge in [0.05, 0.1) is 11.7 Å². The number of allylic oxidation sites excluding steroid dienone is 1. The first kappa shape index (κ1) is 22.5. The quantitative estimate of drug-likeness (QED) is 0.468. The number of hydrogen-bond acceptors (Lipinski definition) is 2. The Morgan fingerprint density at radius 2 is 1.77 bits per heavy atom. The van der Waals surface area contributed by atoms with Crippen molar-refractivity contribution in [1.82, 2.24) is 0 Å². The molecule has 2 nitrogen and oxygen atoms in total. The summed E-state index contributed by atoms with van der Waals surface area (Å²) < 4.78 is 0. The van der Waals surface area contributed by atoms with Crippen LogP contribution in [0.15, 0.2) is 11.6 Å². The third-order valence-electron chi connectivity index (χ3n) is 11.6. The molecule has 1 spiro atoms. The molecule has 0 aromatic heterocycles. The lowest BCUT2D eigenvalue weighted by atomic mass is 9.45. The molecule has 8 atom stereocenters. The molecule has 0 heterocycles. The summed E-state index contributed by atoms with van der Waals surface area (Å²) >= 11 is 0. The number of aliphatic hydroxyl groups excluding tert-OH is 1. The zero-order valence-electron chi connectivity index (χ0n) is 20.9. The summed E-state index contributed by atoms with van der Waals surface area (Å²) in [5, 5.41) is 20.9. The average Bonchev–Trinajstić information content (AvgIpc) is 3.39. The second-order valence-electron chi connectivity index (χ2n) is 13.8. The van der Waals surface area contributed by atoms with Crippen LogP contribution in [0.3, 0.4) is 0 Å². The molecule has 1 unspecified atom stereocenters. The van der Waals surface area contributed by atoms with Crippen molar-refractivity contribution in [1.29, 1.82) is 0 Å². The van der Waals surface area contributed by atoms with E-state index < -0.39 is 5.60 Å². The monoisotopic (exact) mass is 428 g/mol. The second kappa shape index (κ2) is 7.33. The highest BCUT2D eigenvalue weighted by Crippen LogP contribution is 2.72. The van der Waals surface area contributed by atoms with E-state index in [-0.39, 0.29) is 11.5 Å². The fourth-order valence-electron chi connectivity index (χ4n) is 9.85. The highest BCUT2D eigenvalue weighted by Gasteiger charge is 2.65. The Bertz CT molecular complexity index is 728. The van der Waals surface area contributed by atoms with Gasteiger partial charge in [-0.1, -0.05) is 45.3 Å². The zero-order valence-corrected chi connectivity index (χ0v) is 20.9. The van der Waals surface area contributed by atoms with Crippen LogP contribution in [-0.2, 0) is 0 Å². The lowest BCUT2D eigenvalue weighted by Crippen LogP contribution is -2.53. The van der Waals surface area contributed by atoms with E-state index in [0.717, 1.165) is 48.9 Å². The Balaban J connectivity index is 1.33. The third kappa shape index (κ3) is 3.40. The van der Waals surface area contributed by atoms with Gasteiger partial charge in [-0.15, -0.1) is 0 Å². The van der Waals surface area contributed by atoms with Crippen LogP contribution in [-0.4, -0.2) is 21.9 Å². The highest BCUT2D eigenvalue weighted by molar-refractivity contribution is 5.36. The minimum absolute atomic E-state index is 0.0714.